The molecule has 1 aliphatic heterocycles. The lowest BCUT2D eigenvalue weighted by molar-refractivity contribution is 0.0950. The molecule has 1 saturated heterocycles. The molecule has 0 saturated carbocycles. The van der Waals surface area contributed by atoms with Crippen molar-refractivity contribution in [1.82, 2.24) is 10.3 Å². The molecule has 3 aromatic rings. The van der Waals surface area contributed by atoms with Gasteiger partial charge < -0.3 is 15.5 Å². The monoisotopic (exact) mass is 484 g/mol. The van der Waals surface area contributed by atoms with Crippen LogP contribution in [0.1, 0.15) is 77.3 Å². The number of aryl methyl sites for hydroxylation is 1. The maximum atomic E-state index is 13.2. The van der Waals surface area contributed by atoms with Crippen LogP contribution in [0.2, 0.25) is 0 Å². The quantitative estimate of drug-likeness (QED) is 0.328. The van der Waals surface area contributed by atoms with Crippen LogP contribution in [0, 0.1) is 0 Å². The topological polar surface area (TPSA) is 74.3 Å². The Kier molecular flexibility index (Phi) is 9.09. The van der Waals surface area contributed by atoms with Gasteiger partial charge in [-0.1, -0.05) is 44.4 Å². The Morgan fingerprint density at radius 2 is 1.72 bits per heavy atom. The van der Waals surface area contributed by atoms with Gasteiger partial charge in [0.2, 0.25) is 0 Å². The lowest BCUT2D eigenvalue weighted by atomic mass is 10.0. The molecule has 1 fully saturated rings. The molecule has 0 spiro atoms. The molecule has 1 aromatic heterocycles. The van der Waals surface area contributed by atoms with E-state index in [1.165, 1.54) is 31.2 Å². The first-order valence-corrected chi connectivity index (χ1v) is 13.1. The summed E-state index contributed by atoms with van der Waals surface area (Å²) >= 11 is 0. The molecule has 6 nitrogen and oxygen atoms in total. The molecule has 36 heavy (non-hydrogen) atoms. The van der Waals surface area contributed by atoms with Gasteiger partial charge in [-0.3, -0.25) is 14.6 Å². The van der Waals surface area contributed by atoms with E-state index in [0.717, 1.165) is 43.6 Å². The normalized spacial score (nSPS) is 13.0. The van der Waals surface area contributed by atoms with Crippen LogP contribution in [0.3, 0.4) is 0 Å². The number of nitrogens with one attached hydrogen (secondary N) is 2. The first-order valence-electron chi connectivity index (χ1n) is 13.1. The number of benzene rings is 2. The molecule has 0 atom stereocenters. The van der Waals surface area contributed by atoms with Gasteiger partial charge in [-0.2, -0.15) is 0 Å². The van der Waals surface area contributed by atoms with Gasteiger partial charge >= 0.3 is 0 Å². The number of aromatic nitrogens is 1. The zero-order chi connectivity index (χ0) is 25.2. The van der Waals surface area contributed by atoms with Crippen LogP contribution in [0.4, 0.5) is 11.4 Å². The predicted octanol–water partition coefficient (Wildman–Crippen LogP) is 5.99. The summed E-state index contributed by atoms with van der Waals surface area (Å²) in [7, 11) is 0. The van der Waals surface area contributed by atoms with Gasteiger partial charge in [-0.25, -0.2) is 0 Å². The van der Waals surface area contributed by atoms with Crippen molar-refractivity contribution in [2.24, 2.45) is 0 Å². The van der Waals surface area contributed by atoms with Crippen LogP contribution in [-0.4, -0.2) is 29.9 Å². The van der Waals surface area contributed by atoms with E-state index in [2.05, 4.69) is 27.4 Å². The van der Waals surface area contributed by atoms with Crippen molar-refractivity contribution < 1.29 is 9.59 Å². The van der Waals surface area contributed by atoms with Crippen molar-refractivity contribution in [2.75, 3.05) is 23.3 Å². The molecule has 2 amide bonds. The number of carbonyl (C=O) groups excluding carboxylic acids is 2. The molecule has 4 rings (SSSR count). The Balaban J connectivity index is 1.45. The second kappa shape index (κ2) is 12.9. The Labute approximate surface area is 214 Å². The van der Waals surface area contributed by atoms with Crippen LogP contribution in [0.15, 0.2) is 67.0 Å². The summed E-state index contributed by atoms with van der Waals surface area (Å²) in [5, 5.41) is 5.98. The van der Waals surface area contributed by atoms with Gasteiger partial charge in [0.25, 0.3) is 11.8 Å². The molecule has 188 valence electrons. The third-order valence-electron chi connectivity index (χ3n) is 6.66. The van der Waals surface area contributed by atoms with Crippen molar-refractivity contribution in [2.45, 2.75) is 58.4 Å². The highest BCUT2D eigenvalue weighted by Gasteiger charge is 2.20. The van der Waals surface area contributed by atoms with Gasteiger partial charge in [0.1, 0.15) is 0 Å². The van der Waals surface area contributed by atoms with E-state index in [9.17, 15) is 9.59 Å². The van der Waals surface area contributed by atoms with E-state index in [-0.39, 0.29) is 11.8 Å². The lowest BCUT2D eigenvalue weighted by Crippen LogP contribution is -2.27. The van der Waals surface area contributed by atoms with Crippen molar-refractivity contribution >= 4 is 23.2 Å². The summed E-state index contributed by atoms with van der Waals surface area (Å²) in [6.45, 7) is 4.47. The number of hydrogen-bond acceptors (Lipinski definition) is 4. The number of rotatable bonds is 11. The summed E-state index contributed by atoms with van der Waals surface area (Å²) in [6, 6.07) is 17.2. The summed E-state index contributed by atoms with van der Waals surface area (Å²) in [5.41, 5.74) is 4.89. The number of unbranched alkanes of at least 4 members (excludes halogenated alkanes) is 3. The zero-order valence-corrected chi connectivity index (χ0v) is 21.1. The highest BCUT2D eigenvalue weighted by molar-refractivity contribution is 6.06. The highest BCUT2D eigenvalue weighted by atomic mass is 16.2. The first-order chi connectivity index (χ1) is 17.6. The Morgan fingerprint density at radius 3 is 2.44 bits per heavy atom. The van der Waals surface area contributed by atoms with Gasteiger partial charge in [-0.15, -0.1) is 0 Å². The zero-order valence-electron chi connectivity index (χ0n) is 21.1. The minimum absolute atomic E-state index is 0.163. The van der Waals surface area contributed by atoms with E-state index in [1.807, 2.05) is 48.5 Å². The maximum absolute atomic E-state index is 13.2. The number of pyridine rings is 1. The third kappa shape index (κ3) is 6.94. The fourth-order valence-corrected chi connectivity index (χ4v) is 4.59. The number of hydrogen-bond donors (Lipinski definition) is 2. The molecule has 2 heterocycles. The molecular formula is C30H36N4O2. The molecule has 2 aromatic carbocycles. The number of nitrogens with zero attached hydrogens (tertiary/aromatic N) is 2. The van der Waals surface area contributed by atoms with Crippen molar-refractivity contribution in [3.05, 3.63) is 89.2 Å². The van der Waals surface area contributed by atoms with Crippen molar-refractivity contribution in [3.8, 4) is 0 Å². The van der Waals surface area contributed by atoms with Crippen LogP contribution in [0.25, 0.3) is 0 Å². The lowest BCUT2D eigenvalue weighted by Gasteiger charge is -2.22. The summed E-state index contributed by atoms with van der Waals surface area (Å²) in [6.07, 6.45) is 11.6. The minimum atomic E-state index is -0.178. The number of amides is 2. The molecular weight excluding hydrogens is 448 g/mol. The third-order valence-corrected chi connectivity index (χ3v) is 6.66. The molecule has 1 aliphatic rings. The molecule has 6 heteroatoms. The van der Waals surface area contributed by atoms with Crippen LogP contribution < -0.4 is 15.5 Å². The predicted molar refractivity (Wildman–Crippen MR) is 146 cm³/mol. The highest BCUT2D eigenvalue weighted by Crippen LogP contribution is 2.28. The second-order valence-corrected chi connectivity index (χ2v) is 9.43. The summed E-state index contributed by atoms with van der Waals surface area (Å²) in [5.74, 6) is -0.340. The number of anilines is 2. The fourth-order valence-electron chi connectivity index (χ4n) is 4.59. The standard InChI is InChI=1S/C30H36N4O2/c1-2-3-4-5-9-23-11-13-25(14-12-23)29(35)33-26-15-16-28(34-18-6-7-19-34)27(20-26)30(36)32-22-24-10-8-17-31-21-24/h8,10-17,20-21H,2-7,9,18-19,22H2,1H3,(H,32,36)(H,33,35). The van der Waals surface area contributed by atoms with E-state index >= 15 is 0 Å². The molecule has 0 aliphatic carbocycles. The van der Waals surface area contributed by atoms with E-state index in [0.29, 0.717) is 23.4 Å². The average molecular weight is 485 g/mol. The number of carbonyl (C=O) groups is 2. The summed E-state index contributed by atoms with van der Waals surface area (Å²) < 4.78 is 0. The fraction of sp³-hybridized carbons (Fsp3) is 0.367. The molecule has 0 unspecified atom stereocenters. The molecule has 0 bridgehead atoms. The minimum Gasteiger partial charge on any atom is -0.371 e. The van der Waals surface area contributed by atoms with Gasteiger partial charge in [0.15, 0.2) is 0 Å². The molecule has 0 radical (unpaired) electrons. The van der Waals surface area contributed by atoms with E-state index in [1.54, 1.807) is 18.5 Å². The first kappa shape index (κ1) is 25.4. The molecule has 2 N–H and O–H groups in total. The van der Waals surface area contributed by atoms with Gasteiger partial charge in [0, 0.05) is 49.0 Å². The Hall–Kier alpha value is -3.67. The van der Waals surface area contributed by atoms with E-state index in [4.69, 9.17) is 0 Å². The smallest absolute Gasteiger partial charge is 0.255 e. The maximum Gasteiger partial charge on any atom is 0.255 e. The second-order valence-electron chi connectivity index (χ2n) is 9.43. The average Bonchev–Trinajstić information content (AvgIpc) is 3.45. The van der Waals surface area contributed by atoms with Gasteiger partial charge in [-0.05, 0) is 73.2 Å². The Morgan fingerprint density at radius 1 is 0.917 bits per heavy atom. The SMILES string of the molecule is CCCCCCc1ccc(C(=O)Nc2ccc(N3CCCC3)c(C(=O)NCc3cccnc3)c2)cc1. The van der Waals surface area contributed by atoms with Crippen molar-refractivity contribution in [3.63, 3.8) is 0 Å². The largest absolute Gasteiger partial charge is 0.371 e. The Bertz CT molecular complexity index is 1140. The van der Waals surface area contributed by atoms with Crippen LogP contribution in [0.5, 0.6) is 0 Å². The van der Waals surface area contributed by atoms with Crippen LogP contribution >= 0.6 is 0 Å². The van der Waals surface area contributed by atoms with E-state index < -0.39 is 0 Å². The van der Waals surface area contributed by atoms with Crippen LogP contribution in [-0.2, 0) is 13.0 Å². The van der Waals surface area contributed by atoms with Gasteiger partial charge in [0.05, 0.1) is 5.56 Å². The summed E-state index contributed by atoms with van der Waals surface area (Å²) in [4.78, 5) is 32.5. The van der Waals surface area contributed by atoms with Crippen molar-refractivity contribution in [1.29, 1.82) is 0 Å².